The summed E-state index contributed by atoms with van der Waals surface area (Å²) in [5.41, 5.74) is 2.31. The lowest BCUT2D eigenvalue weighted by atomic mass is 9.81. The fourth-order valence-electron chi connectivity index (χ4n) is 4.85. The van der Waals surface area contributed by atoms with E-state index in [1.165, 1.54) is 20.6 Å². The molecule has 1 aromatic carbocycles. The minimum atomic E-state index is -1.33. The zero-order chi connectivity index (χ0) is 23.0. The van der Waals surface area contributed by atoms with Gasteiger partial charge in [0.25, 0.3) is 0 Å². The van der Waals surface area contributed by atoms with Crippen molar-refractivity contribution >= 4 is 22.7 Å². The van der Waals surface area contributed by atoms with Crippen molar-refractivity contribution < 1.29 is 18.7 Å². The number of aromatic nitrogens is 3. The lowest BCUT2D eigenvalue weighted by Gasteiger charge is -2.37. The highest BCUT2D eigenvalue weighted by Crippen LogP contribution is 2.43. The van der Waals surface area contributed by atoms with E-state index >= 15 is 4.39 Å². The maximum absolute atomic E-state index is 15.1. The lowest BCUT2D eigenvalue weighted by Crippen LogP contribution is -2.44. The molecule has 1 aliphatic heterocycles. The Bertz CT molecular complexity index is 1150. The monoisotopic (exact) mass is 452 g/mol. The second kappa shape index (κ2) is 8.74. The number of alkyl halides is 1. The van der Waals surface area contributed by atoms with Crippen molar-refractivity contribution in [2.24, 2.45) is 0 Å². The molecule has 0 bridgehead atoms. The number of halogens is 1. The first-order chi connectivity index (χ1) is 16.0. The normalized spacial score (nSPS) is 18.3. The molecule has 2 aliphatic rings. The SMILES string of the molecule is COCC1(F)CCN(c2cc(C(=O)OC)nc3c2c(C2CCC2)nn3-c2ccccc2)CC1. The van der Waals surface area contributed by atoms with E-state index in [0.29, 0.717) is 37.5 Å². The number of benzene rings is 1. The summed E-state index contributed by atoms with van der Waals surface area (Å²) in [4.78, 5) is 19.4. The third-order valence-electron chi connectivity index (χ3n) is 6.93. The molecule has 0 amide bonds. The Balaban J connectivity index is 1.67. The molecule has 0 atom stereocenters. The molecule has 8 heteroatoms. The molecule has 0 spiro atoms. The van der Waals surface area contributed by atoms with Gasteiger partial charge in [0.15, 0.2) is 11.3 Å². The number of rotatable bonds is 6. The number of nitrogens with zero attached hydrogens (tertiary/aromatic N) is 4. The molecule has 0 N–H and O–H groups in total. The van der Waals surface area contributed by atoms with Crippen LogP contribution >= 0.6 is 0 Å². The van der Waals surface area contributed by atoms with E-state index in [-0.39, 0.29) is 12.3 Å². The molecule has 1 saturated heterocycles. The van der Waals surface area contributed by atoms with Crippen LogP contribution in [0.3, 0.4) is 0 Å². The Hall–Kier alpha value is -3.00. The molecular formula is C25H29FN4O3. The van der Waals surface area contributed by atoms with Gasteiger partial charge in [-0.1, -0.05) is 24.6 Å². The summed E-state index contributed by atoms with van der Waals surface area (Å²) in [5, 5.41) is 5.96. The summed E-state index contributed by atoms with van der Waals surface area (Å²) in [6, 6.07) is 11.6. The minimum Gasteiger partial charge on any atom is -0.464 e. The van der Waals surface area contributed by atoms with E-state index in [2.05, 4.69) is 4.90 Å². The molecule has 7 nitrogen and oxygen atoms in total. The Kier molecular flexibility index (Phi) is 5.78. The summed E-state index contributed by atoms with van der Waals surface area (Å²) in [6.07, 6.45) is 4.08. The molecule has 5 rings (SSSR count). The number of piperidine rings is 1. The number of carbonyl (C=O) groups excluding carboxylic acids is 1. The largest absolute Gasteiger partial charge is 0.464 e. The van der Waals surface area contributed by atoms with Crippen LogP contribution < -0.4 is 4.90 Å². The highest BCUT2D eigenvalue weighted by atomic mass is 19.1. The number of anilines is 1. The third kappa shape index (κ3) is 3.97. The smallest absolute Gasteiger partial charge is 0.356 e. The first kappa shape index (κ1) is 21.8. The predicted octanol–water partition coefficient (Wildman–Crippen LogP) is 4.43. The summed E-state index contributed by atoms with van der Waals surface area (Å²) >= 11 is 0. The molecule has 174 valence electrons. The Labute approximate surface area is 192 Å². The van der Waals surface area contributed by atoms with E-state index in [9.17, 15) is 4.79 Å². The van der Waals surface area contributed by atoms with Gasteiger partial charge in [-0.25, -0.2) is 18.9 Å². The topological polar surface area (TPSA) is 69.5 Å². The molecule has 2 fully saturated rings. The highest BCUT2D eigenvalue weighted by Gasteiger charge is 2.37. The van der Waals surface area contributed by atoms with Gasteiger partial charge < -0.3 is 14.4 Å². The number of hydrogen-bond acceptors (Lipinski definition) is 6. The zero-order valence-corrected chi connectivity index (χ0v) is 19.1. The molecule has 2 aromatic heterocycles. The number of esters is 1. The Morgan fingerprint density at radius 3 is 2.52 bits per heavy atom. The van der Waals surface area contributed by atoms with Crippen molar-refractivity contribution in [1.29, 1.82) is 0 Å². The summed E-state index contributed by atoms with van der Waals surface area (Å²) in [7, 11) is 2.89. The van der Waals surface area contributed by atoms with E-state index in [1.807, 2.05) is 35.0 Å². The lowest BCUT2D eigenvalue weighted by molar-refractivity contribution is 0.0228. The number of carbonyl (C=O) groups is 1. The van der Waals surface area contributed by atoms with Gasteiger partial charge in [-0.05, 0) is 31.0 Å². The molecule has 3 aromatic rings. The van der Waals surface area contributed by atoms with Gasteiger partial charge in [0.1, 0.15) is 5.67 Å². The van der Waals surface area contributed by atoms with Crippen molar-refractivity contribution in [2.45, 2.75) is 43.7 Å². The van der Waals surface area contributed by atoms with Gasteiger partial charge in [0, 0.05) is 39.0 Å². The number of hydrogen-bond donors (Lipinski definition) is 0. The average Bonchev–Trinajstić information content (AvgIpc) is 3.17. The number of ether oxygens (including phenoxy) is 2. The van der Waals surface area contributed by atoms with Gasteiger partial charge in [-0.2, -0.15) is 5.10 Å². The molecule has 3 heterocycles. The van der Waals surface area contributed by atoms with Crippen LogP contribution in [0, 0.1) is 0 Å². The van der Waals surface area contributed by atoms with Gasteiger partial charge in [0.05, 0.1) is 36.2 Å². The Morgan fingerprint density at radius 1 is 1.18 bits per heavy atom. The third-order valence-corrected chi connectivity index (χ3v) is 6.93. The predicted molar refractivity (Wildman–Crippen MR) is 124 cm³/mol. The average molecular weight is 453 g/mol. The quantitative estimate of drug-likeness (QED) is 0.516. The van der Waals surface area contributed by atoms with Gasteiger partial charge >= 0.3 is 5.97 Å². The van der Waals surface area contributed by atoms with E-state index in [4.69, 9.17) is 19.6 Å². The molecular weight excluding hydrogens is 423 g/mol. The minimum absolute atomic E-state index is 0.0965. The molecule has 1 aliphatic carbocycles. The van der Waals surface area contributed by atoms with Crippen molar-refractivity contribution in [3.63, 3.8) is 0 Å². The van der Waals surface area contributed by atoms with Gasteiger partial charge in [-0.3, -0.25) is 0 Å². The van der Waals surface area contributed by atoms with E-state index in [0.717, 1.165) is 35.3 Å². The summed E-state index contributed by atoms with van der Waals surface area (Å²) in [6.45, 7) is 1.15. The fraction of sp³-hybridized carbons (Fsp3) is 0.480. The molecule has 1 saturated carbocycles. The van der Waals surface area contributed by atoms with Crippen LogP contribution in [0.1, 0.15) is 54.2 Å². The number of pyridine rings is 1. The zero-order valence-electron chi connectivity index (χ0n) is 19.1. The molecule has 0 radical (unpaired) electrons. The van der Waals surface area contributed by atoms with Crippen LogP contribution in [-0.2, 0) is 9.47 Å². The maximum Gasteiger partial charge on any atom is 0.356 e. The second-order valence-corrected chi connectivity index (χ2v) is 9.05. The second-order valence-electron chi connectivity index (χ2n) is 9.05. The van der Waals surface area contributed by atoms with Gasteiger partial charge in [-0.15, -0.1) is 0 Å². The molecule has 33 heavy (non-hydrogen) atoms. The fourth-order valence-corrected chi connectivity index (χ4v) is 4.85. The van der Waals surface area contributed by atoms with Crippen molar-refractivity contribution in [3.05, 3.63) is 47.8 Å². The number of fused-ring (bicyclic) bond motifs is 1. The first-order valence-electron chi connectivity index (χ1n) is 11.5. The van der Waals surface area contributed by atoms with E-state index < -0.39 is 11.6 Å². The highest BCUT2D eigenvalue weighted by molar-refractivity contribution is 5.99. The van der Waals surface area contributed by atoms with Crippen LogP contribution in [0.25, 0.3) is 16.7 Å². The molecule has 0 unspecified atom stereocenters. The maximum atomic E-state index is 15.1. The van der Waals surface area contributed by atoms with Crippen molar-refractivity contribution in [1.82, 2.24) is 14.8 Å². The van der Waals surface area contributed by atoms with Crippen LogP contribution in [-0.4, -0.2) is 60.3 Å². The number of para-hydroxylation sites is 1. The first-order valence-corrected chi connectivity index (χ1v) is 11.5. The standard InChI is InChI=1S/C25H29FN4O3/c1-32-16-25(26)11-13-29(14-12-25)20-15-19(24(31)33-2)27-23-21(20)22(17-7-6-8-17)28-30(23)18-9-4-3-5-10-18/h3-5,9-10,15,17H,6-8,11-14,16H2,1-2H3. The van der Waals surface area contributed by atoms with Crippen LogP contribution in [0.5, 0.6) is 0 Å². The van der Waals surface area contributed by atoms with Crippen LogP contribution in [0.2, 0.25) is 0 Å². The van der Waals surface area contributed by atoms with Gasteiger partial charge in [0.2, 0.25) is 0 Å². The van der Waals surface area contributed by atoms with Crippen molar-refractivity contribution in [3.8, 4) is 5.69 Å². The Morgan fingerprint density at radius 2 is 1.91 bits per heavy atom. The summed E-state index contributed by atoms with van der Waals surface area (Å²) < 4.78 is 27.0. The van der Waals surface area contributed by atoms with Crippen LogP contribution in [0.15, 0.2) is 36.4 Å². The number of methoxy groups -OCH3 is 2. The van der Waals surface area contributed by atoms with Crippen molar-refractivity contribution in [2.75, 3.05) is 38.8 Å². The van der Waals surface area contributed by atoms with E-state index in [1.54, 1.807) is 6.07 Å². The summed E-state index contributed by atoms with van der Waals surface area (Å²) in [5.74, 6) is -0.138. The van der Waals surface area contributed by atoms with Crippen LogP contribution in [0.4, 0.5) is 10.1 Å².